The average molecular weight is 540 g/mol. The molecule has 0 bridgehead atoms. The van der Waals surface area contributed by atoms with Gasteiger partial charge in [-0.05, 0) is 29.3 Å². The number of Topliss-reactive ketones (excluding diaryl/α,β-unsaturated/α-hetero) is 1. The standard InChI is InChI=1S/C30H25N3O7/c1-38-23-13-11-19(16-24(23)39-2)26-27(28(34)20-8-6-9-21(15-20)33(36)37)32-22-10-5-4-7-18(22)12-14-25(32)30(26,17-31)29(35)40-3/h4-16,25-27H,1-3H3. The molecule has 0 aliphatic carbocycles. The molecule has 2 heterocycles. The fraction of sp³-hybridized carbons (Fsp3) is 0.233. The maximum atomic E-state index is 14.5. The van der Waals surface area contributed by atoms with Crippen LogP contribution < -0.4 is 14.4 Å². The molecular weight excluding hydrogens is 514 g/mol. The van der Waals surface area contributed by atoms with Crippen LogP contribution in [-0.2, 0) is 9.53 Å². The van der Waals surface area contributed by atoms with Gasteiger partial charge in [-0.25, -0.2) is 0 Å². The molecule has 0 amide bonds. The largest absolute Gasteiger partial charge is 0.493 e. The van der Waals surface area contributed by atoms with Crippen LogP contribution in [0.4, 0.5) is 11.4 Å². The zero-order chi connectivity index (χ0) is 28.6. The summed E-state index contributed by atoms with van der Waals surface area (Å²) < 4.78 is 16.1. The summed E-state index contributed by atoms with van der Waals surface area (Å²) >= 11 is 0. The number of methoxy groups -OCH3 is 3. The molecule has 0 radical (unpaired) electrons. The molecule has 2 aliphatic rings. The molecule has 5 rings (SSSR count). The van der Waals surface area contributed by atoms with E-state index >= 15 is 0 Å². The minimum Gasteiger partial charge on any atom is -0.493 e. The van der Waals surface area contributed by atoms with Crippen molar-refractivity contribution in [3.05, 3.63) is 99.6 Å². The lowest BCUT2D eigenvalue weighted by Crippen LogP contribution is -2.46. The predicted octanol–water partition coefficient (Wildman–Crippen LogP) is 4.55. The van der Waals surface area contributed by atoms with Crippen LogP contribution in [0.3, 0.4) is 0 Å². The highest BCUT2D eigenvalue weighted by Crippen LogP contribution is 2.57. The van der Waals surface area contributed by atoms with Gasteiger partial charge in [0.25, 0.3) is 5.69 Å². The van der Waals surface area contributed by atoms with Crippen molar-refractivity contribution in [2.45, 2.75) is 18.0 Å². The second kappa shape index (κ2) is 10.2. The van der Waals surface area contributed by atoms with Crippen LogP contribution in [0, 0.1) is 26.9 Å². The lowest BCUT2D eigenvalue weighted by atomic mass is 9.68. The number of non-ortho nitro benzene ring substituents is 1. The van der Waals surface area contributed by atoms with Crippen LogP contribution in [0.15, 0.2) is 72.8 Å². The molecule has 40 heavy (non-hydrogen) atoms. The van der Waals surface area contributed by atoms with Gasteiger partial charge in [0.05, 0.1) is 38.4 Å². The topological polar surface area (TPSA) is 132 Å². The van der Waals surface area contributed by atoms with Crippen molar-refractivity contribution < 1.29 is 28.7 Å². The summed E-state index contributed by atoms with van der Waals surface area (Å²) in [5.41, 5.74) is -0.130. The second-order valence-corrected chi connectivity index (χ2v) is 9.45. The predicted molar refractivity (Wildman–Crippen MR) is 145 cm³/mol. The quantitative estimate of drug-likeness (QED) is 0.184. The highest BCUT2D eigenvalue weighted by atomic mass is 16.6. The number of nitrogens with zero attached hydrogens (tertiary/aromatic N) is 3. The Kier molecular flexibility index (Phi) is 6.73. The number of ketones is 1. The Labute approximate surface area is 230 Å². The maximum Gasteiger partial charge on any atom is 0.329 e. The average Bonchev–Trinajstić information content (AvgIpc) is 3.31. The van der Waals surface area contributed by atoms with Gasteiger partial charge in [-0.15, -0.1) is 0 Å². The van der Waals surface area contributed by atoms with E-state index in [4.69, 9.17) is 14.2 Å². The molecule has 4 atom stereocenters. The third-order valence-corrected chi connectivity index (χ3v) is 7.63. The van der Waals surface area contributed by atoms with Gasteiger partial charge in [-0.1, -0.05) is 48.6 Å². The first-order chi connectivity index (χ1) is 19.3. The molecule has 1 saturated heterocycles. The molecule has 2 aliphatic heterocycles. The Balaban J connectivity index is 1.82. The molecule has 4 unspecified atom stereocenters. The van der Waals surface area contributed by atoms with E-state index in [1.165, 1.54) is 45.6 Å². The van der Waals surface area contributed by atoms with Crippen molar-refractivity contribution >= 4 is 29.2 Å². The number of rotatable bonds is 7. The molecule has 0 N–H and O–H groups in total. The van der Waals surface area contributed by atoms with Crippen molar-refractivity contribution in [3.8, 4) is 17.6 Å². The van der Waals surface area contributed by atoms with Gasteiger partial charge >= 0.3 is 5.97 Å². The molecule has 3 aromatic carbocycles. The molecule has 0 spiro atoms. The van der Waals surface area contributed by atoms with Crippen LogP contribution >= 0.6 is 0 Å². The molecule has 3 aromatic rings. The van der Waals surface area contributed by atoms with Crippen LogP contribution in [0.25, 0.3) is 6.08 Å². The van der Waals surface area contributed by atoms with Crippen molar-refractivity contribution in [2.75, 3.05) is 26.2 Å². The Bertz CT molecular complexity index is 1590. The van der Waals surface area contributed by atoms with E-state index in [9.17, 15) is 25.0 Å². The van der Waals surface area contributed by atoms with Gasteiger partial charge in [-0.2, -0.15) is 5.26 Å². The lowest BCUT2D eigenvalue weighted by molar-refractivity contribution is -0.384. The minimum atomic E-state index is -1.86. The van der Waals surface area contributed by atoms with Crippen LogP contribution in [0.5, 0.6) is 11.5 Å². The summed E-state index contributed by atoms with van der Waals surface area (Å²) in [6.07, 6.45) is 3.55. The highest BCUT2D eigenvalue weighted by molar-refractivity contribution is 6.06. The first-order valence-electron chi connectivity index (χ1n) is 12.4. The third-order valence-electron chi connectivity index (χ3n) is 7.63. The number of carbonyl (C=O) groups is 2. The van der Waals surface area contributed by atoms with Gasteiger partial charge < -0.3 is 19.1 Å². The molecule has 10 nitrogen and oxygen atoms in total. The normalized spacial score (nSPS) is 22.4. The monoisotopic (exact) mass is 539 g/mol. The van der Waals surface area contributed by atoms with E-state index in [-0.39, 0.29) is 11.3 Å². The zero-order valence-corrected chi connectivity index (χ0v) is 21.9. The van der Waals surface area contributed by atoms with E-state index in [0.717, 1.165) is 5.56 Å². The number of hydrogen-bond acceptors (Lipinski definition) is 9. The molecule has 10 heteroatoms. The van der Waals surface area contributed by atoms with Gasteiger partial charge in [0.2, 0.25) is 0 Å². The number of nitriles is 1. The number of benzene rings is 3. The zero-order valence-electron chi connectivity index (χ0n) is 21.9. The molecular formula is C30H25N3O7. The summed E-state index contributed by atoms with van der Waals surface area (Å²) in [7, 11) is 4.15. The van der Waals surface area contributed by atoms with Crippen LogP contribution in [-0.4, -0.2) is 50.1 Å². The van der Waals surface area contributed by atoms with Crippen molar-refractivity contribution in [1.29, 1.82) is 5.26 Å². The maximum absolute atomic E-state index is 14.5. The first kappa shape index (κ1) is 26.4. The lowest BCUT2D eigenvalue weighted by Gasteiger charge is -2.36. The number of anilines is 1. The van der Waals surface area contributed by atoms with E-state index in [2.05, 4.69) is 6.07 Å². The van der Waals surface area contributed by atoms with Crippen molar-refractivity contribution in [2.24, 2.45) is 5.41 Å². The fourth-order valence-corrected chi connectivity index (χ4v) is 5.90. The summed E-state index contributed by atoms with van der Waals surface area (Å²) in [6, 6.07) is 18.0. The number of para-hydroxylation sites is 1. The Morgan fingerprint density at radius 3 is 2.42 bits per heavy atom. The summed E-state index contributed by atoms with van der Waals surface area (Å²) in [6.45, 7) is 0. The number of carbonyl (C=O) groups excluding carboxylic acids is 2. The first-order valence-corrected chi connectivity index (χ1v) is 12.4. The van der Waals surface area contributed by atoms with E-state index in [0.29, 0.717) is 22.7 Å². The SMILES string of the molecule is COC(=O)C1(C#N)C(c2ccc(OC)c(OC)c2)C(C(=O)c2cccc([N+](=O)[O-])c2)N2c3ccccc3C=CC21. The Morgan fingerprint density at radius 2 is 1.75 bits per heavy atom. The number of hydrogen-bond donors (Lipinski definition) is 0. The molecule has 202 valence electrons. The molecule has 0 saturated carbocycles. The third kappa shape index (κ3) is 3.86. The minimum absolute atomic E-state index is 0.0778. The van der Waals surface area contributed by atoms with Crippen molar-refractivity contribution in [1.82, 2.24) is 0 Å². The number of ether oxygens (including phenoxy) is 3. The Hall–Kier alpha value is -5.17. The number of nitro groups is 1. The second-order valence-electron chi connectivity index (χ2n) is 9.45. The van der Waals surface area contributed by atoms with Crippen LogP contribution in [0.2, 0.25) is 0 Å². The number of esters is 1. The Morgan fingerprint density at radius 1 is 1.00 bits per heavy atom. The van der Waals surface area contributed by atoms with E-state index in [1.807, 2.05) is 24.3 Å². The summed E-state index contributed by atoms with van der Waals surface area (Å²) in [4.78, 5) is 40.9. The van der Waals surface area contributed by atoms with Gasteiger partial charge in [0, 0.05) is 29.3 Å². The summed E-state index contributed by atoms with van der Waals surface area (Å²) in [5.74, 6) is -1.58. The summed E-state index contributed by atoms with van der Waals surface area (Å²) in [5, 5.41) is 22.3. The number of fused-ring (bicyclic) bond motifs is 3. The smallest absolute Gasteiger partial charge is 0.329 e. The van der Waals surface area contributed by atoms with E-state index < -0.39 is 40.1 Å². The number of nitro benzene ring substituents is 1. The van der Waals surface area contributed by atoms with E-state index in [1.54, 1.807) is 35.2 Å². The van der Waals surface area contributed by atoms with Gasteiger partial charge in [-0.3, -0.25) is 19.7 Å². The van der Waals surface area contributed by atoms with Gasteiger partial charge in [0.1, 0.15) is 6.04 Å². The molecule has 1 fully saturated rings. The molecule has 0 aromatic heterocycles. The highest BCUT2D eigenvalue weighted by Gasteiger charge is 2.67. The fourth-order valence-electron chi connectivity index (χ4n) is 5.90. The van der Waals surface area contributed by atoms with Crippen molar-refractivity contribution in [3.63, 3.8) is 0 Å². The van der Waals surface area contributed by atoms with Gasteiger partial charge in [0.15, 0.2) is 22.7 Å². The van der Waals surface area contributed by atoms with Crippen LogP contribution in [0.1, 0.15) is 27.4 Å².